The minimum atomic E-state index is -3.47. The second kappa shape index (κ2) is 7.90. The first-order valence-electron chi connectivity index (χ1n) is 9.75. The van der Waals surface area contributed by atoms with Crippen molar-refractivity contribution in [2.75, 3.05) is 26.7 Å². The maximum Gasteiger partial charge on any atom is 0.246 e. The van der Waals surface area contributed by atoms with E-state index in [-0.39, 0.29) is 17.0 Å². The Bertz CT molecular complexity index is 893. The Morgan fingerprint density at radius 3 is 2.64 bits per heavy atom. The van der Waals surface area contributed by atoms with Gasteiger partial charge in [0.2, 0.25) is 10.0 Å². The number of rotatable bonds is 6. The Labute approximate surface area is 166 Å². The molecule has 2 aliphatic rings. The van der Waals surface area contributed by atoms with Crippen molar-refractivity contribution >= 4 is 10.0 Å². The summed E-state index contributed by atoms with van der Waals surface area (Å²) in [5.41, 5.74) is 1.16. The van der Waals surface area contributed by atoms with Gasteiger partial charge in [0, 0.05) is 57.9 Å². The maximum absolute atomic E-state index is 12.9. The molecule has 0 unspecified atom stereocenters. The highest BCUT2D eigenvalue weighted by Gasteiger charge is 2.45. The SMILES string of the molecule is CCn1cc(S(=O)(=O)N2CCC(N3C[C@H](OC)[C@@H]3c3cccnc3)CC2)cn1. The van der Waals surface area contributed by atoms with Crippen molar-refractivity contribution in [2.45, 2.75) is 49.4 Å². The van der Waals surface area contributed by atoms with E-state index in [1.54, 1.807) is 28.5 Å². The molecule has 0 aliphatic carbocycles. The molecule has 0 amide bonds. The lowest BCUT2D eigenvalue weighted by Crippen LogP contribution is -2.60. The van der Waals surface area contributed by atoms with Crippen LogP contribution in [0.3, 0.4) is 0 Å². The highest BCUT2D eigenvalue weighted by atomic mass is 32.2. The van der Waals surface area contributed by atoms with Crippen molar-refractivity contribution in [3.8, 4) is 0 Å². The average molecular weight is 406 g/mol. The number of methoxy groups -OCH3 is 1. The summed E-state index contributed by atoms with van der Waals surface area (Å²) in [6.45, 7) is 4.52. The zero-order valence-electron chi connectivity index (χ0n) is 16.3. The number of aryl methyl sites for hydroxylation is 1. The Hall–Kier alpha value is -1.81. The van der Waals surface area contributed by atoms with Crippen LogP contribution < -0.4 is 0 Å². The number of hydrogen-bond donors (Lipinski definition) is 0. The second-order valence-electron chi connectivity index (χ2n) is 7.37. The van der Waals surface area contributed by atoms with E-state index in [2.05, 4.69) is 21.0 Å². The Morgan fingerprint density at radius 1 is 1.25 bits per heavy atom. The van der Waals surface area contributed by atoms with Crippen LogP contribution in [0.25, 0.3) is 0 Å². The van der Waals surface area contributed by atoms with Crippen molar-refractivity contribution in [2.24, 2.45) is 0 Å². The molecule has 8 nitrogen and oxygen atoms in total. The molecule has 0 radical (unpaired) electrons. The zero-order valence-corrected chi connectivity index (χ0v) is 17.1. The van der Waals surface area contributed by atoms with Gasteiger partial charge in [-0.1, -0.05) is 6.07 Å². The van der Waals surface area contributed by atoms with E-state index in [0.29, 0.717) is 25.7 Å². The van der Waals surface area contributed by atoms with Gasteiger partial charge in [-0.15, -0.1) is 0 Å². The molecular formula is C19H27N5O3S. The lowest BCUT2D eigenvalue weighted by atomic mass is 9.88. The van der Waals surface area contributed by atoms with Gasteiger partial charge in [-0.25, -0.2) is 8.42 Å². The van der Waals surface area contributed by atoms with Gasteiger partial charge in [-0.3, -0.25) is 14.6 Å². The molecule has 0 N–H and O–H groups in total. The van der Waals surface area contributed by atoms with Crippen LogP contribution >= 0.6 is 0 Å². The maximum atomic E-state index is 12.9. The number of likely N-dealkylation sites (tertiary alicyclic amines) is 1. The Morgan fingerprint density at radius 2 is 2.04 bits per heavy atom. The topological polar surface area (TPSA) is 80.6 Å². The first kappa shape index (κ1) is 19.5. The number of piperidine rings is 1. The lowest BCUT2D eigenvalue weighted by Gasteiger charge is -2.52. The third-order valence-corrected chi connectivity index (χ3v) is 7.74. The third-order valence-electron chi connectivity index (χ3n) is 5.89. The molecule has 152 valence electrons. The van der Waals surface area contributed by atoms with Crippen molar-refractivity contribution in [1.82, 2.24) is 24.0 Å². The van der Waals surface area contributed by atoms with Gasteiger partial charge in [0.05, 0.1) is 18.3 Å². The van der Waals surface area contributed by atoms with Gasteiger partial charge < -0.3 is 4.74 Å². The summed E-state index contributed by atoms with van der Waals surface area (Å²) < 4.78 is 34.7. The van der Waals surface area contributed by atoms with Crippen LogP contribution in [-0.2, 0) is 21.3 Å². The minimum absolute atomic E-state index is 0.158. The molecular weight excluding hydrogens is 378 g/mol. The smallest absolute Gasteiger partial charge is 0.246 e. The summed E-state index contributed by atoms with van der Waals surface area (Å²) in [7, 11) is -1.73. The van der Waals surface area contributed by atoms with Gasteiger partial charge >= 0.3 is 0 Å². The summed E-state index contributed by atoms with van der Waals surface area (Å²) >= 11 is 0. The molecule has 2 aromatic rings. The number of hydrogen-bond acceptors (Lipinski definition) is 6. The second-order valence-corrected chi connectivity index (χ2v) is 9.31. The third kappa shape index (κ3) is 3.47. The number of sulfonamides is 1. The fraction of sp³-hybridized carbons (Fsp3) is 0.579. The van der Waals surface area contributed by atoms with Crippen LogP contribution in [0.4, 0.5) is 0 Å². The summed E-state index contributed by atoms with van der Waals surface area (Å²) in [5.74, 6) is 0. The quantitative estimate of drug-likeness (QED) is 0.725. The van der Waals surface area contributed by atoms with Gasteiger partial charge in [0.25, 0.3) is 0 Å². The van der Waals surface area contributed by atoms with E-state index < -0.39 is 10.0 Å². The largest absolute Gasteiger partial charge is 0.378 e. The van der Waals surface area contributed by atoms with Crippen LogP contribution in [0.5, 0.6) is 0 Å². The predicted molar refractivity (Wildman–Crippen MR) is 104 cm³/mol. The molecule has 0 spiro atoms. The summed E-state index contributed by atoms with van der Waals surface area (Å²) in [6, 6.07) is 4.57. The van der Waals surface area contributed by atoms with Crippen LogP contribution in [0.15, 0.2) is 41.8 Å². The number of ether oxygens (including phenoxy) is 1. The van der Waals surface area contributed by atoms with E-state index in [9.17, 15) is 8.42 Å². The normalized spacial score (nSPS) is 24.9. The lowest BCUT2D eigenvalue weighted by molar-refractivity contribution is -0.114. The van der Waals surface area contributed by atoms with Gasteiger partial charge in [-0.2, -0.15) is 9.40 Å². The average Bonchev–Trinajstić information content (AvgIpc) is 3.19. The van der Waals surface area contributed by atoms with E-state index in [1.165, 1.54) is 6.20 Å². The van der Waals surface area contributed by atoms with Crippen LogP contribution in [-0.4, -0.2) is 71.3 Å². The molecule has 28 heavy (non-hydrogen) atoms. The zero-order chi connectivity index (χ0) is 19.7. The first-order chi connectivity index (χ1) is 13.5. The van der Waals surface area contributed by atoms with Gasteiger partial charge in [0.15, 0.2) is 0 Å². The molecule has 0 aromatic carbocycles. The molecule has 2 fully saturated rings. The van der Waals surface area contributed by atoms with Crippen molar-refractivity contribution in [1.29, 1.82) is 0 Å². The number of pyridine rings is 1. The first-order valence-corrected chi connectivity index (χ1v) is 11.2. The van der Waals surface area contributed by atoms with Crippen LogP contribution in [0.2, 0.25) is 0 Å². The molecule has 0 bridgehead atoms. The monoisotopic (exact) mass is 405 g/mol. The molecule has 4 heterocycles. The van der Waals surface area contributed by atoms with Crippen LogP contribution in [0.1, 0.15) is 31.4 Å². The summed E-state index contributed by atoms with van der Waals surface area (Å²) in [4.78, 5) is 6.96. The number of nitrogens with zero attached hydrogens (tertiary/aromatic N) is 5. The van der Waals surface area contributed by atoms with Gasteiger partial charge in [0.1, 0.15) is 4.90 Å². The van der Waals surface area contributed by atoms with E-state index >= 15 is 0 Å². The predicted octanol–water partition coefficient (Wildman–Crippen LogP) is 1.52. The van der Waals surface area contributed by atoms with Crippen LogP contribution in [0, 0.1) is 0 Å². The fourth-order valence-corrected chi connectivity index (χ4v) is 5.67. The van der Waals surface area contributed by atoms with Crippen molar-refractivity contribution in [3.05, 3.63) is 42.5 Å². The standard InChI is InChI=1S/C19H27N5O3S/c1-3-22-13-17(12-21-22)28(25,26)23-9-6-16(7-10-23)24-14-18(27-2)19(24)15-5-4-8-20-11-15/h4-5,8,11-13,16,18-19H,3,6-7,9-10,14H2,1-2H3/t18-,19-/m0/s1. The molecule has 4 rings (SSSR count). The number of aromatic nitrogens is 3. The van der Waals surface area contributed by atoms with E-state index in [1.807, 2.05) is 19.2 Å². The molecule has 0 saturated carbocycles. The summed E-state index contributed by atoms with van der Waals surface area (Å²) in [6.07, 6.45) is 8.51. The molecule has 2 aromatic heterocycles. The van der Waals surface area contributed by atoms with E-state index in [4.69, 9.17) is 4.74 Å². The minimum Gasteiger partial charge on any atom is -0.378 e. The summed E-state index contributed by atoms with van der Waals surface area (Å²) in [5, 5.41) is 4.11. The van der Waals surface area contributed by atoms with Crippen molar-refractivity contribution in [3.63, 3.8) is 0 Å². The molecule has 2 saturated heterocycles. The highest BCUT2D eigenvalue weighted by molar-refractivity contribution is 7.89. The Kier molecular flexibility index (Phi) is 5.50. The molecule has 2 aliphatic heterocycles. The van der Waals surface area contributed by atoms with Crippen molar-refractivity contribution < 1.29 is 13.2 Å². The molecule has 9 heteroatoms. The molecule has 2 atom stereocenters. The van der Waals surface area contributed by atoms with E-state index in [0.717, 1.165) is 24.9 Å². The fourth-order valence-electron chi connectivity index (χ4n) is 4.25. The Balaban J connectivity index is 1.42. The van der Waals surface area contributed by atoms with Gasteiger partial charge in [-0.05, 0) is 31.4 Å². The highest BCUT2D eigenvalue weighted by Crippen LogP contribution is 2.39.